The van der Waals surface area contributed by atoms with E-state index in [0.29, 0.717) is 16.7 Å². The predicted octanol–water partition coefficient (Wildman–Crippen LogP) is 3.11. The second-order valence-corrected chi connectivity index (χ2v) is 6.13. The van der Waals surface area contributed by atoms with E-state index >= 15 is 0 Å². The maximum absolute atomic E-state index is 12.2. The van der Waals surface area contributed by atoms with Gasteiger partial charge >= 0.3 is 0 Å². The van der Waals surface area contributed by atoms with E-state index in [2.05, 4.69) is 16.8 Å². The van der Waals surface area contributed by atoms with Crippen molar-refractivity contribution in [1.29, 1.82) is 0 Å². The molecule has 0 saturated carbocycles. The molecule has 112 valence electrons. The van der Waals surface area contributed by atoms with Gasteiger partial charge in [0.15, 0.2) is 0 Å². The first-order valence-corrected chi connectivity index (χ1v) is 7.97. The minimum atomic E-state index is -0.0671. The zero-order valence-electron chi connectivity index (χ0n) is 12.3. The second kappa shape index (κ2) is 6.16. The fourth-order valence-corrected chi connectivity index (χ4v) is 3.31. The van der Waals surface area contributed by atoms with Crippen molar-refractivity contribution in [2.75, 3.05) is 6.54 Å². The van der Waals surface area contributed by atoms with Crippen molar-refractivity contribution >= 4 is 17.2 Å². The SMILES string of the molecule is CCC1CCCCN1Cc1cc(=O)n2cc(Cl)ccc2n1. The Labute approximate surface area is 129 Å². The summed E-state index contributed by atoms with van der Waals surface area (Å²) < 4.78 is 1.50. The topological polar surface area (TPSA) is 37.6 Å². The van der Waals surface area contributed by atoms with Crippen molar-refractivity contribution in [3.05, 3.63) is 45.5 Å². The summed E-state index contributed by atoms with van der Waals surface area (Å²) in [5.41, 5.74) is 1.44. The van der Waals surface area contributed by atoms with Crippen LogP contribution in [0.3, 0.4) is 0 Å². The van der Waals surface area contributed by atoms with Crippen LogP contribution in [-0.2, 0) is 6.54 Å². The lowest BCUT2D eigenvalue weighted by atomic mass is 10.00. The highest BCUT2D eigenvalue weighted by Gasteiger charge is 2.21. The van der Waals surface area contributed by atoms with Gasteiger partial charge in [-0.1, -0.05) is 24.9 Å². The molecule has 0 radical (unpaired) electrons. The van der Waals surface area contributed by atoms with Crippen LogP contribution in [0.4, 0.5) is 0 Å². The van der Waals surface area contributed by atoms with E-state index in [9.17, 15) is 4.79 Å². The number of fused-ring (bicyclic) bond motifs is 1. The number of aromatic nitrogens is 2. The lowest BCUT2D eigenvalue weighted by Crippen LogP contribution is -2.39. The Morgan fingerprint density at radius 2 is 2.24 bits per heavy atom. The minimum Gasteiger partial charge on any atom is -0.295 e. The molecule has 5 heteroatoms. The monoisotopic (exact) mass is 305 g/mol. The van der Waals surface area contributed by atoms with Crippen LogP contribution >= 0.6 is 11.6 Å². The summed E-state index contributed by atoms with van der Waals surface area (Å²) in [6.07, 6.45) is 6.56. The number of rotatable bonds is 3. The average molecular weight is 306 g/mol. The van der Waals surface area contributed by atoms with Crippen LogP contribution in [0.1, 0.15) is 38.3 Å². The van der Waals surface area contributed by atoms with Gasteiger partial charge in [-0.2, -0.15) is 0 Å². The minimum absolute atomic E-state index is 0.0671. The van der Waals surface area contributed by atoms with Crippen LogP contribution in [-0.4, -0.2) is 26.9 Å². The zero-order valence-corrected chi connectivity index (χ0v) is 13.0. The number of pyridine rings is 1. The van der Waals surface area contributed by atoms with Crippen molar-refractivity contribution in [2.45, 2.75) is 45.2 Å². The summed E-state index contributed by atoms with van der Waals surface area (Å²) in [5, 5.41) is 0.543. The van der Waals surface area contributed by atoms with E-state index in [4.69, 9.17) is 11.6 Å². The Morgan fingerprint density at radius 1 is 1.38 bits per heavy atom. The molecule has 0 aliphatic carbocycles. The molecule has 0 aromatic carbocycles. The first-order chi connectivity index (χ1) is 10.2. The van der Waals surface area contributed by atoms with E-state index < -0.39 is 0 Å². The highest BCUT2D eigenvalue weighted by atomic mass is 35.5. The number of hydrogen-bond donors (Lipinski definition) is 0. The van der Waals surface area contributed by atoms with Crippen molar-refractivity contribution < 1.29 is 0 Å². The van der Waals surface area contributed by atoms with Gasteiger partial charge in [-0.3, -0.25) is 14.1 Å². The van der Waals surface area contributed by atoms with Gasteiger partial charge in [-0.25, -0.2) is 4.98 Å². The van der Waals surface area contributed by atoms with Gasteiger partial charge in [-0.05, 0) is 37.9 Å². The molecule has 1 unspecified atom stereocenters. The van der Waals surface area contributed by atoms with Crippen molar-refractivity contribution in [3.8, 4) is 0 Å². The van der Waals surface area contributed by atoms with E-state index in [1.54, 1.807) is 24.4 Å². The van der Waals surface area contributed by atoms with Gasteiger partial charge in [0.05, 0.1) is 10.7 Å². The molecule has 0 bridgehead atoms. The number of hydrogen-bond acceptors (Lipinski definition) is 3. The highest BCUT2D eigenvalue weighted by molar-refractivity contribution is 6.30. The Hall–Kier alpha value is -1.39. The highest BCUT2D eigenvalue weighted by Crippen LogP contribution is 2.21. The molecule has 1 aliphatic rings. The number of likely N-dealkylation sites (tertiary alicyclic amines) is 1. The summed E-state index contributed by atoms with van der Waals surface area (Å²) in [6, 6.07) is 5.80. The lowest BCUT2D eigenvalue weighted by Gasteiger charge is -2.34. The molecule has 1 atom stereocenters. The molecular formula is C16H20ClN3O. The van der Waals surface area contributed by atoms with Gasteiger partial charge in [0, 0.05) is 24.8 Å². The normalized spacial score (nSPS) is 20.0. The second-order valence-electron chi connectivity index (χ2n) is 5.69. The van der Waals surface area contributed by atoms with E-state index in [0.717, 1.165) is 25.2 Å². The Morgan fingerprint density at radius 3 is 3.05 bits per heavy atom. The molecule has 1 aliphatic heterocycles. The zero-order chi connectivity index (χ0) is 14.8. The van der Waals surface area contributed by atoms with E-state index in [-0.39, 0.29) is 5.56 Å². The first-order valence-electron chi connectivity index (χ1n) is 7.59. The largest absolute Gasteiger partial charge is 0.295 e. The van der Waals surface area contributed by atoms with Crippen LogP contribution in [0.15, 0.2) is 29.2 Å². The van der Waals surface area contributed by atoms with Crippen LogP contribution < -0.4 is 5.56 Å². The molecule has 1 saturated heterocycles. The molecule has 3 heterocycles. The van der Waals surface area contributed by atoms with Crippen LogP contribution in [0.2, 0.25) is 5.02 Å². The molecule has 0 spiro atoms. The van der Waals surface area contributed by atoms with Crippen LogP contribution in [0.5, 0.6) is 0 Å². The van der Waals surface area contributed by atoms with Crippen LogP contribution in [0.25, 0.3) is 5.65 Å². The van der Waals surface area contributed by atoms with E-state index in [1.165, 1.54) is 23.7 Å². The standard InChI is InChI=1S/C16H20ClN3O/c1-2-14-5-3-4-8-19(14)11-13-9-16(21)20-10-12(17)6-7-15(20)18-13/h6-7,9-10,14H,2-5,8,11H2,1H3. The molecule has 21 heavy (non-hydrogen) atoms. The fraction of sp³-hybridized carbons (Fsp3) is 0.500. The Kier molecular flexibility index (Phi) is 4.27. The Balaban J connectivity index is 1.90. The summed E-state index contributed by atoms with van der Waals surface area (Å²) in [7, 11) is 0. The van der Waals surface area contributed by atoms with Crippen molar-refractivity contribution in [1.82, 2.24) is 14.3 Å². The maximum atomic E-state index is 12.2. The molecule has 0 N–H and O–H groups in total. The third kappa shape index (κ3) is 3.11. The average Bonchev–Trinajstić information content (AvgIpc) is 2.49. The van der Waals surface area contributed by atoms with Crippen molar-refractivity contribution in [3.63, 3.8) is 0 Å². The van der Waals surface area contributed by atoms with Gasteiger partial charge < -0.3 is 0 Å². The van der Waals surface area contributed by atoms with Gasteiger partial charge in [0.1, 0.15) is 5.65 Å². The first kappa shape index (κ1) is 14.5. The predicted molar refractivity (Wildman–Crippen MR) is 84.8 cm³/mol. The van der Waals surface area contributed by atoms with E-state index in [1.807, 2.05) is 0 Å². The fourth-order valence-electron chi connectivity index (χ4n) is 3.15. The molecular weight excluding hydrogens is 286 g/mol. The molecule has 1 fully saturated rings. The van der Waals surface area contributed by atoms with Gasteiger partial charge in [0.25, 0.3) is 5.56 Å². The lowest BCUT2D eigenvalue weighted by molar-refractivity contribution is 0.134. The number of halogens is 1. The van der Waals surface area contributed by atoms with Crippen LogP contribution in [0, 0.1) is 0 Å². The molecule has 0 amide bonds. The maximum Gasteiger partial charge on any atom is 0.258 e. The number of nitrogens with zero attached hydrogens (tertiary/aromatic N) is 3. The summed E-state index contributed by atoms with van der Waals surface area (Å²) in [5.74, 6) is 0. The Bertz CT molecular complexity index is 697. The van der Waals surface area contributed by atoms with Crippen molar-refractivity contribution in [2.24, 2.45) is 0 Å². The third-order valence-electron chi connectivity index (χ3n) is 4.26. The molecule has 4 nitrogen and oxygen atoms in total. The molecule has 2 aromatic heterocycles. The third-order valence-corrected chi connectivity index (χ3v) is 4.49. The summed E-state index contributed by atoms with van der Waals surface area (Å²) >= 11 is 5.93. The quantitative estimate of drug-likeness (QED) is 0.874. The van der Waals surface area contributed by atoms with Gasteiger partial charge in [0.2, 0.25) is 0 Å². The molecule has 3 rings (SSSR count). The number of piperidine rings is 1. The smallest absolute Gasteiger partial charge is 0.258 e. The molecule has 2 aromatic rings. The summed E-state index contributed by atoms with van der Waals surface area (Å²) in [4.78, 5) is 19.2. The summed E-state index contributed by atoms with van der Waals surface area (Å²) in [6.45, 7) is 4.08. The van der Waals surface area contributed by atoms with Gasteiger partial charge in [-0.15, -0.1) is 0 Å².